The van der Waals surface area contributed by atoms with E-state index in [9.17, 15) is 0 Å². The molecule has 0 aliphatic heterocycles. The van der Waals surface area contributed by atoms with Crippen molar-refractivity contribution < 1.29 is 0 Å². The molecule has 0 aliphatic carbocycles. The molecule has 0 spiro atoms. The molecule has 0 saturated heterocycles. The summed E-state index contributed by atoms with van der Waals surface area (Å²) in [6.07, 6.45) is 2.63. The first-order valence-electron chi connectivity index (χ1n) is 3.95. The molecular weight excluding hydrogens is 154 g/mol. The van der Waals surface area contributed by atoms with E-state index in [-0.39, 0.29) is 0 Å². The number of aryl methyl sites for hydroxylation is 1. The van der Waals surface area contributed by atoms with E-state index in [0.29, 0.717) is 0 Å². The third-order valence-electron chi connectivity index (χ3n) is 1.57. The minimum atomic E-state index is -1.30. The number of nitrogens with zero attached hydrogens (tertiary/aromatic N) is 3. The number of aromatic nitrogens is 3. The molecule has 0 atom stereocenters. The quantitative estimate of drug-likeness (QED) is 0.628. The first-order valence-corrected chi connectivity index (χ1v) is 7.40. The zero-order valence-electron chi connectivity index (χ0n) is 7.63. The second kappa shape index (κ2) is 2.77. The highest BCUT2D eigenvalue weighted by atomic mass is 28.3. The fourth-order valence-corrected chi connectivity index (χ4v) is 2.46. The van der Waals surface area contributed by atoms with Gasteiger partial charge in [-0.15, -0.1) is 0 Å². The van der Waals surface area contributed by atoms with Gasteiger partial charge in [-0.3, -0.25) is 4.35 Å². The van der Waals surface area contributed by atoms with Gasteiger partial charge in [0.2, 0.25) is 0 Å². The Balaban J connectivity index is 3.02. The van der Waals surface area contributed by atoms with Crippen LogP contribution >= 0.6 is 0 Å². The maximum Gasteiger partial charge on any atom is 0.178 e. The zero-order chi connectivity index (χ0) is 8.48. The molecule has 0 radical (unpaired) electrons. The average Bonchev–Trinajstić information content (AvgIpc) is 2.31. The Kier molecular flexibility index (Phi) is 2.13. The highest BCUT2D eigenvalue weighted by Gasteiger charge is 2.19. The van der Waals surface area contributed by atoms with E-state index in [1.165, 1.54) is 0 Å². The van der Waals surface area contributed by atoms with Gasteiger partial charge in [0.25, 0.3) is 0 Å². The molecule has 0 aromatic carbocycles. The zero-order valence-corrected chi connectivity index (χ0v) is 8.63. The van der Waals surface area contributed by atoms with Crippen molar-refractivity contribution in [2.45, 2.75) is 33.0 Å². The Hall–Kier alpha value is -0.643. The SMILES string of the molecule is CCc1ncnn1[Si](C)(C)C. The van der Waals surface area contributed by atoms with Crippen LogP contribution in [0.4, 0.5) is 0 Å². The van der Waals surface area contributed by atoms with Crippen LogP contribution in [-0.4, -0.2) is 22.7 Å². The lowest BCUT2D eigenvalue weighted by Gasteiger charge is -2.17. The fraction of sp³-hybridized carbons (Fsp3) is 0.714. The Morgan fingerprint density at radius 2 is 2.09 bits per heavy atom. The molecule has 3 nitrogen and oxygen atoms in total. The largest absolute Gasteiger partial charge is 0.281 e. The lowest BCUT2D eigenvalue weighted by molar-refractivity contribution is 0.843. The maximum atomic E-state index is 4.23. The fourth-order valence-electron chi connectivity index (χ4n) is 1.07. The lowest BCUT2D eigenvalue weighted by Crippen LogP contribution is -2.34. The monoisotopic (exact) mass is 169 g/mol. The molecule has 0 amide bonds. The lowest BCUT2D eigenvalue weighted by atomic mass is 10.5. The van der Waals surface area contributed by atoms with E-state index in [4.69, 9.17) is 0 Å². The maximum absolute atomic E-state index is 4.23. The van der Waals surface area contributed by atoms with Gasteiger partial charge in [-0.05, 0) is 19.6 Å². The van der Waals surface area contributed by atoms with Gasteiger partial charge in [0.05, 0.1) is 0 Å². The summed E-state index contributed by atoms with van der Waals surface area (Å²) in [4.78, 5) is 4.19. The Morgan fingerprint density at radius 1 is 1.45 bits per heavy atom. The second-order valence-electron chi connectivity index (χ2n) is 3.61. The second-order valence-corrected chi connectivity index (χ2v) is 8.38. The predicted octanol–water partition coefficient (Wildman–Crippen LogP) is 1.52. The molecule has 4 heteroatoms. The van der Waals surface area contributed by atoms with E-state index >= 15 is 0 Å². The van der Waals surface area contributed by atoms with Crippen LogP contribution in [0.15, 0.2) is 6.33 Å². The standard InChI is InChI=1S/C7H15N3Si/c1-5-7-8-6-9-10(7)11(2,3)4/h6H,5H2,1-4H3. The summed E-state index contributed by atoms with van der Waals surface area (Å²) in [6, 6.07) is 0. The molecule has 0 fully saturated rings. The van der Waals surface area contributed by atoms with Crippen LogP contribution in [0.2, 0.25) is 19.6 Å². The molecule has 0 bridgehead atoms. The first-order chi connectivity index (χ1) is 5.05. The van der Waals surface area contributed by atoms with Crippen molar-refractivity contribution in [2.24, 2.45) is 0 Å². The molecular formula is C7H15N3Si. The number of hydrogen-bond acceptors (Lipinski definition) is 2. The molecule has 62 valence electrons. The average molecular weight is 169 g/mol. The van der Waals surface area contributed by atoms with Crippen molar-refractivity contribution in [2.75, 3.05) is 0 Å². The van der Waals surface area contributed by atoms with E-state index < -0.39 is 8.24 Å². The van der Waals surface area contributed by atoms with Gasteiger partial charge < -0.3 is 0 Å². The van der Waals surface area contributed by atoms with Crippen LogP contribution in [0.25, 0.3) is 0 Å². The van der Waals surface area contributed by atoms with Crippen molar-refractivity contribution in [3.63, 3.8) is 0 Å². The third kappa shape index (κ3) is 1.68. The molecule has 0 aliphatic rings. The summed E-state index contributed by atoms with van der Waals surface area (Å²) in [5.74, 6) is 1.11. The van der Waals surface area contributed by atoms with Crippen molar-refractivity contribution >= 4 is 8.24 Å². The van der Waals surface area contributed by atoms with Crippen LogP contribution in [0, 0.1) is 0 Å². The molecule has 1 rings (SSSR count). The van der Waals surface area contributed by atoms with Crippen molar-refractivity contribution in [1.82, 2.24) is 14.4 Å². The molecule has 1 aromatic rings. The van der Waals surface area contributed by atoms with E-state index in [0.717, 1.165) is 12.2 Å². The van der Waals surface area contributed by atoms with Gasteiger partial charge in [0.1, 0.15) is 12.2 Å². The highest BCUT2D eigenvalue weighted by Crippen LogP contribution is 2.06. The highest BCUT2D eigenvalue weighted by molar-refractivity contribution is 6.74. The van der Waals surface area contributed by atoms with Crippen molar-refractivity contribution in [3.8, 4) is 0 Å². The third-order valence-corrected chi connectivity index (χ3v) is 3.21. The Morgan fingerprint density at radius 3 is 2.45 bits per heavy atom. The topological polar surface area (TPSA) is 30.7 Å². The van der Waals surface area contributed by atoms with E-state index in [1.54, 1.807) is 6.33 Å². The van der Waals surface area contributed by atoms with Crippen LogP contribution in [-0.2, 0) is 6.42 Å². The molecule has 1 aromatic heterocycles. The van der Waals surface area contributed by atoms with Crippen LogP contribution in [0.1, 0.15) is 12.7 Å². The molecule has 0 unspecified atom stereocenters. The van der Waals surface area contributed by atoms with Crippen LogP contribution < -0.4 is 0 Å². The van der Waals surface area contributed by atoms with Gasteiger partial charge in [0, 0.05) is 6.42 Å². The molecule has 0 saturated carbocycles. The van der Waals surface area contributed by atoms with Gasteiger partial charge in [-0.25, -0.2) is 4.98 Å². The van der Waals surface area contributed by atoms with Gasteiger partial charge in [-0.2, -0.15) is 5.10 Å². The smallest absolute Gasteiger partial charge is 0.178 e. The summed E-state index contributed by atoms with van der Waals surface area (Å²) in [5.41, 5.74) is 0. The first kappa shape index (κ1) is 8.45. The summed E-state index contributed by atoms with van der Waals surface area (Å²) in [5, 5.41) is 4.23. The van der Waals surface area contributed by atoms with Crippen molar-refractivity contribution in [1.29, 1.82) is 0 Å². The normalized spacial score (nSPS) is 12.0. The van der Waals surface area contributed by atoms with E-state index in [1.807, 2.05) is 0 Å². The minimum Gasteiger partial charge on any atom is -0.281 e. The molecule has 0 N–H and O–H groups in total. The molecule has 1 heterocycles. The number of hydrogen-bond donors (Lipinski definition) is 0. The summed E-state index contributed by atoms with van der Waals surface area (Å²) in [7, 11) is -1.30. The van der Waals surface area contributed by atoms with Crippen LogP contribution in [0.3, 0.4) is 0 Å². The summed E-state index contributed by atoms with van der Waals surface area (Å²) >= 11 is 0. The summed E-state index contributed by atoms with van der Waals surface area (Å²) in [6.45, 7) is 8.91. The number of rotatable bonds is 2. The van der Waals surface area contributed by atoms with Gasteiger partial charge in [0.15, 0.2) is 8.24 Å². The van der Waals surface area contributed by atoms with Gasteiger partial charge >= 0.3 is 0 Å². The Bertz CT molecular complexity index is 236. The summed E-state index contributed by atoms with van der Waals surface area (Å²) < 4.78 is 2.10. The van der Waals surface area contributed by atoms with Crippen molar-refractivity contribution in [3.05, 3.63) is 12.2 Å². The predicted molar refractivity (Wildman–Crippen MR) is 48.1 cm³/mol. The van der Waals surface area contributed by atoms with Crippen LogP contribution in [0.5, 0.6) is 0 Å². The molecule has 11 heavy (non-hydrogen) atoms. The van der Waals surface area contributed by atoms with E-state index in [2.05, 4.69) is 41.0 Å². The Labute approximate surface area is 68.5 Å². The van der Waals surface area contributed by atoms with Gasteiger partial charge in [-0.1, -0.05) is 6.92 Å². The minimum absolute atomic E-state index is 0.976.